The zero-order chi connectivity index (χ0) is 13.1. The first-order chi connectivity index (χ1) is 8.69. The second kappa shape index (κ2) is 5.69. The molecular formula is C13H22N2O3. The third kappa shape index (κ3) is 2.36. The predicted molar refractivity (Wildman–Crippen MR) is 66.7 cm³/mol. The number of nitrogens with zero attached hydrogens (tertiary/aromatic N) is 1. The summed E-state index contributed by atoms with van der Waals surface area (Å²) < 4.78 is 5.08. The number of hydrogen-bond acceptors (Lipinski definition) is 4. The van der Waals surface area contributed by atoms with Crippen molar-refractivity contribution < 1.29 is 14.3 Å². The van der Waals surface area contributed by atoms with Gasteiger partial charge in [0.15, 0.2) is 0 Å². The fraction of sp³-hybridized carbons (Fsp3) is 0.846. The summed E-state index contributed by atoms with van der Waals surface area (Å²) in [5.41, 5.74) is 5.47. The van der Waals surface area contributed by atoms with Crippen LogP contribution in [0.25, 0.3) is 0 Å². The Labute approximate surface area is 108 Å². The number of esters is 1. The van der Waals surface area contributed by atoms with E-state index in [0.29, 0.717) is 12.5 Å². The quantitative estimate of drug-likeness (QED) is 0.751. The number of rotatable bonds is 3. The van der Waals surface area contributed by atoms with Gasteiger partial charge in [0.25, 0.3) is 0 Å². The summed E-state index contributed by atoms with van der Waals surface area (Å²) in [6.45, 7) is 2.11. The minimum Gasteiger partial charge on any atom is -0.464 e. The predicted octanol–water partition coefficient (Wildman–Crippen LogP) is 0.668. The lowest BCUT2D eigenvalue weighted by Gasteiger charge is -2.33. The molecule has 0 unspecified atom stereocenters. The van der Waals surface area contributed by atoms with Crippen molar-refractivity contribution in [2.24, 2.45) is 11.7 Å². The van der Waals surface area contributed by atoms with E-state index in [4.69, 9.17) is 10.5 Å². The molecule has 2 N–H and O–H groups in total. The minimum atomic E-state index is -0.408. The zero-order valence-corrected chi connectivity index (χ0v) is 10.9. The Morgan fingerprint density at radius 2 is 2.06 bits per heavy atom. The number of ether oxygens (including phenoxy) is 1. The van der Waals surface area contributed by atoms with Crippen LogP contribution in [0.2, 0.25) is 0 Å². The molecule has 2 fully saturated rings. The standard InChI is InChI=1S/C13H22N2O3/c1-2-18-13(17)11-7-9-5-3-4-6-10(9)15(11)12(16)8-14/h9-11H,2-8,14H2,1H3/t9-,10-,11-/m0/s1. The van der Waals surface area contributed by atoms with Gasteiger partial charge in [0.1, 0.15) is 6.04 Å². The largest absolute Gasteiger partial charge is 0.464 e. The van der Waals surface area contributed by atoms with Crippen LogP contribution in [-0.2, 0) is 14.3 Å². The monoisotopic (exact) mass is 254 g/mol. The van der Waals surface area contributed by atoms with Crippen LogP contribution in [0.1, 0.15) is 39.0 Å². The molecule has 1 heterocycles. The van der Waals surface area contributed by atoms with Crippen molar-refractivity contribution in [1.29, 1.82) is 0 Å². The Hall–Kier alpha value is -1.10. The number of carbonyl (C=O) groups is 2. The molecule has 1 aliphatic carbocycles. The van der Waals surface area contributed by atoms with Gasteiger partial charge in [-0.15, -0.1) is 0 Å². The zero-order valence-electron chi connectivity index (χ0n) is 10.9. The van der Waals surface area contributed by atoms with Gasteiger partial charge in [-0.2, -0.15) is 0 Å². The molecule has 0 aromatic rings. The first-order valence-electron chi connectivity index (χ1n) is 6.86. The van der Waals surface area contributed by atoms with Crippen molar-refractivity contribution in [2.75, 3.05) is 13.2 Å². The van der Waals surface area contributed by atoms with Gasteiger partial charge < -0.3 is 15.4 Å². The minimum absolute atomic E-state index is 0.0286. The first-order valence-corrected chi connectivity index (χ1v) is 6.86. The van der Waals surface area contributed by atoms with E-state index < -0.39 is 6.04 Å². The van der Waals surface area contributed by atoms with Gasteiger partial charge >= 0.3 is 5.97 Å². The molecule has 0 spiro atoms. The number of amides is 1. The second-order valence-corrected chi connectivity index (χ2v) is 5.12. The fourth-order valence-electron chi connectivity index (χ4n) is 3.37. The molecular weight excluding hydrogens is 232 g/mol. The molecule has 3 atom stereocenters. The van der Waals surface area contributed by atoms with E-state index >= 15 is 0 Å². The highest BCUT2D eigenvalue weighted by atomic mass is 16.5. The van der Waals surface area contributed by atoms with Gasteiger partial charge in [-0.25, -0.2) is 4.79 Å². The van der Waals surface area contributed by atoms with Crippen LogP contribution in [0.5, 0.6) is 0 Å². The van der Waals surface area contributed by atoms with Crippen LogP contribution >= 0.6 is 0 Å². The summed E-state index contributed by atoms with van der Waals surface area (Å²) in [7, 11) is 0. The highest BCUT2D eigenvalue weighted by molar-refractivity contribution is 5.86. The van der Waals surface area contributed by atoms with E-state index in [0.717, 1.165) is 25.7 Å². The van der Waals surface area contributed by atoms with Crippen LogP contribution in [0.3, 0.4) is 0 Å². The lowest BCUT2D eigenvalue weighted by atomic mass is 9.85. The van der Waals surface area contributed by atoms with Crippen LogP contribution in [0.4, 0.5) is 0 Å². The highest BCUT2D eigenvalue weighted by Gasteiger charge is 2.47. The topological polar surface area (TPSA) is 72.6 Å². The molecule has 1 amide bonds. The van der Waals surface area contributed by atoms with Crippen molar-refractivity contribution in [3.8, 4) is 0 Å². The molecule has 0 aromatic heterocycles. The Bertz CT molecular complexity index is 332. The third-order valence-electron chi connectivity index (χ3n) is 4.11. The van der Waals surface area contributed by atoms with Crippen molar-refractivity contribution in [1.82, 2.24) is 4.90 Å². The summed E-state index contributed by atoms with van der Waals surface area (Å²) in [5.74, 6) is 0.0554. The second-order valence-electron chi connectivity index (χ2n) is 5.12. The first kappa shape index (κ1) is 13.3. The smallest absolute Gasteiger partial charge is 0.328 e. The average molecular weight is 254 g/mol. The number of nitrogens with two attached hydrogens (primary N) is 1. The van der Waals surface area contributed by atoms with Crippen LogP contribution in [0, 0.1) is 5.92 Å². The maximum absolute atomic E-state index is 12.0. The molecule has 102 valence electrons. The van der Waals surface area contributed by atoms with E-state index in [-0.39, 0.29) is 24.5 Å². The van der Waals surface area contributed by atoms with Crippen molar-refractivity contribution >= 4 is 11.9 Å². The summed E-state index contributed by atoms with van der Waals surface area (Å²) in [5, 5.41) is 0. The number of carbonyl (C=O) groups excluding carboxylic acids is 2. The maximum Gasteiger partial charge on any atom is 0.328 e. The Morgan fingerprint density at radius 1 is 1.33 bits per heavy atom. The molecule has 5 heteroatoms. The molecule has 0 bridgehead atoms. The van der Waals surface area contributed by atoms with E-state index in [1.165, 1.54) is 6.42 Å². The average Bonchev–Trinajstić information content (AvgIpc) is 2.77. The van der Waals surface area contributed by atoms with Gasteiger partial charge in [-0.1, -0.05) is 12.8 Å². The van der Waals surface area contributed by atoms with E-state index in [1.807, 2.05) is 0 Å². The Morgan fingerprint density at radius 3 is 2.72 bits per heavy atom. The lowest BCUT2D eigenvalue weighted by Crippen LogP contribution is -2.49. The number of likely N-dealkylation sites (tertiary alicyclic amines) is 1. The van der Waals surface area contributed by atoms with E-state index in [1.54, 1.807) is 11.8 Å². The normalized spacial score (nSPS) is 31.0. The van der Waals surface area contributed by atoms with Crippen LogP contribution < -0.4 is 5.73 Å². The molecule has 1 aliphatic heterocycles. The number of fused-ring (bicyclic) bond motifs is 1. The highest BCUT2D eigenvalue weighted by Crippen LogP contribution is 2.39. The molecule has 1 saturated carbocycles. The van der Waals surface area contributed by atoms with E-state index in [2.05, 4.69) is 0 Å². The van der Waals surface area contributed by atoms with Crippen LogP contribution in [0.15, 0.2) is 0 Å². The third-order valence-corrected chi connectivity index (χ3v) is 4.11. The molecule has 0 radical (unpaired) electrons. The molecule has 5 nitrogen and oxygen atoms in total. The maximum atomic E-state index is 12.0. The van der Waals surface area contributed by atoms with Gasteiger partial charge in [-0.3, -0.25) is 4.79 Å². The molecule has 18 heavy (non-hydrogen) atoms. The number of hydrogen-bond donors (Lipinski definition) is 1. The molecule has 2 rings (SSSR count). The van der Waals surface area contributed by atoms with Gasteiger partial charge in [0.2, 0.25) is 5.91 Å². The lowest BCUT2D eigenvalue weighted by molar-refractivity contribution is -0.153. The summed E-state index contributed by atoms with van der Waals surface area (Å²) >= 11 is 0. The Kier molecular flexibility index (Phi) is 4.22. The summed E-state index contributed by atoms with van der Waals surface area (Å²) in [6, 6.07) is -0.210. The SMILES string of the molecule is CCOC(=O)[C@@H]1C[C@@H]2CCCC[C@@H]2N1C(=O)CN. The van der Waals surface area contributed by atoms with Gasteiger partial charge in [0, 0.05) is 6.04 Å². The molecule has 0 aromatic carbocycles. The van der Waals surface area contributed by atoms with E-state index in [9.17, 15) is 9.59 Å². The summed E-state index contributed by atoms with van der Waals surface area (Å²) in [6.07, 6.45) is 5.17. The fourth-order valence-corrected chi connectivity index (χ4v) is 3.37. The van der Waals surface area contributed by atoms with Crippen molar-refractivity contribution in [2.45, 2.75) is 51.1 Å². The molecule has 2 aliphatic rings. The van der Waals surface area contributed by atoms with Crippen molar-refractivity contribution in [3.63, 3.8) is 0 Å². The molecule has 1 saturated heterocycles. The van der Waals surface area contributed by atoms with Crippen LogP contribution in [-0.4, -0.2) is 42.0 Å². The van der Waals surface area contributed by atoms with Gasteiger partial charge in [0.05, 0.1) is 13.2 Å². The van der Waals surface area contributed by atoms with Crippen molar-refractivity contribution in [3.05, 3.63) is 0 Å². The van der Waals surface area contributed by atoms with Gasteiger partial charge in [-0.05, 0) is 32.1 Å². The Balaban J connectivity index is 2.16. The summed E-state index contributed by atoms with van der Waals surface area (Å²) in [4.78, 5) is 25.7.